The third-order valence-corrected chi connectivity index (χ3v) is 4.52. The zero-order valence-electron chi connectivity index (χ0n) is 14.2. The van der Waals surface area contributed by atoms with Crippen molar-refractivity contribution in [3.63, 3.8) is 0 Å². The summed E-state index contributed by atoms with van der Waals surface area (Å²) in [6.45, 7) is 5.18. The Bertz CT molecular complexity index is 618. The maximum atomic E-state index is 13.8. The maximum Gasteiger partial charge on any atom is 0.224 e. The zero-order chi connectivity index (χ0) is 18.3. The van der Waals surface area contributed by atoms with Crippen molar-refractivity contribution >= 4 is 33.4 Å². The van der Waals surface area contributed by atoms with E-state index in [1.165, 1.54) is 13.0 Å². The van der Waals surface area contributed by atoms with Gasteiger partial charge in [-0.3, -0.25) is 14.4 Å². The average Bonchev–Trinajstić information content (AvgIpc) is 2.52. The molecule has 1 rings (SSSR count). The molecule has 1 aromatic rings. The van der Waals surface area contributed by atoms with Gasteiger partial charge in [-0.1, -0.05) is 42.3 Å². The van der Waals surface area contributed by atoms with Gasteiger partial charge in [0.15, 0.2) is 0 Å². The first-order valence-corrected chi connectivity index (χ1v) is 8.76. The van der Waals surface area contributed by atoms with Gasteiger partial charge < -0.3 is 5.32 Å². The summed E-state index contributed by atoms with van der Waals surface area (Å²) >= 11 is 3.17. The van der Waals surface area contributed by atoms with E-state index in [-0.39, 0.29) is 42.8 Å². The number of hydrogen-bond acceptors (Lipinski definition) is 3. The molecule has 1 aromatic carbocycles. The highest BCUT2D eigenvalue weighted by Gasteiger charge is 2.27. The molecule has 0 aromatic heterocycles. The van der Waals surface area contributed by atoms with Crippen molar-refractivity contribution in [1.82, 2.24) is 5.32 Å². The lowest BCUT2D eigenvalue weighted by Gasteiger charge is -2.21. The van der Waals surface area contributed by atoms with Crippen LogP contribution in [0, 0.1) is 17.7 Å². The summed E-state index contributed by atoms with van der Waals surface area (Å²) in [6, 6.07) is 4.55. The minimum atomic E-state index is -0.514. The second-order valence-corrected chi connectivity index (χ2v) is 6.98. The molecule has 0 saturated heterocycles. The number of nitrogens with one attached hydrogen (secondary N) is 1. The molecular weight excluding hydrogens is 377 g/mol. The quantitative estimate of drug-likeness (QED) is 0.691. The summed E-state index contributed by atoms with van der Waals surface area (Å²) in [4.78, 5) is 35.6. The number of ketones is 2. The molecule has 2 atom stereocenters. The minimum Gasteiger partial charge on any atom is -0.349 e. The van der Waals surface area contributed by atoms with Crippen molar-refractivity contribution in [3.8, 4) is 0 Å². The van der Waals surface area contributed by atoms with E-state index in [0.29, 0.717) is 10.0 Å². The number of carbonyl (C=O) groups excluding carboxylic acids is 3. The largest absolute Gasteiger partial charge is 0.349 e. The Morgan fingerprint density at radius 2 is 1.96 bits per heavy atom. The van der Waals surface area contributed by atoms with Crippen LogP contribution in [-0.2, 0) is 20.8 Å². The number of halogens is 2. The third kappa shape index (κ3) is 6.51. The first kappa shape index (κ1) is 20.5. The van der Waals surface area contributed by atoms with Crippen LogP contribution >= 0.6 is 15.9 Å². The Labute approximate surface area is 150 Å². The topological polar surface area (TPSA) is 63.2 Å². The van der Waals surface area contributed by atoms with Crippen LogP contribution in [0.2, 0.25) is 0 Å². The molecule has 0 aliphatic carbocycles. The Balaban J connectivity index is 2.76. The van der Waals surface area contributed by atoms with E-state index in [1.54, 1.807) is 12.1 Å². The Hall–Kier alpha value is -1.56. The third-order valence-electron chi connectivity index (χ3n) is 4.03. The normalized spacial score (nSPS) is 13.2. The van der Waals surface area contributed by atoms with Gasteiger partial charge in [0.2, 0.25) is 5.91 Å². The molecule has 0 aliphatic heterocycles. The molecule has 1 N–H and O–H groups in total. The number of amides is 1. The zero-order valence-corrected chi connectivity index (χ0v) is 15.8. The average molecular weight is 400 g/mol. The molecule has 0 saturated carbocycles. The monoisotopic (exact) mass is 399 g/mol. The fraction of sp³-hybridized carbons (Fsp3) is 0.500. The lowest BCUT2D eigenvalue weighted by Crippen LogP contribution is -2.38. The van der Waals surface area contributed by atoms with E-state index in [2.05, 4.69) is 21.2 Å². The van der Waals surface area contributed by atoms with Crippen molar-refractivity contribution in [2.24, 2.45) is 11.8 Å². The highest BCUT2D eigenvalue weighted by Crippen LogP contribution is 2.22. The molecule has 0 bridgehead atoms. The first-order valence-electron chi connectivity index (χ1n) is 7.97. The van der Waals surface area contributed by atoms with E-state index in [1.807, 2.05) is 13.8 Å². The van der Waals surface area contributed by atoms with Crippen LogP contribution in [0.1, 0.15) is 39.2 Å². The van der Waals surface area contributed by atoms with E-state index >= 15 is 0 Å². The van der Waals surface area contributed by atoms with Gasteiger partial charge in [-0.05, 0) is 30.5 Å². The molecule has 4 nitrogen and oxygen atoms in total. The SMILES string of the molecule is CC[C@H](C)[C@H](CC(=O)Cc1ccc(Br)cc1F)C(=O)NCC(C)=O. The molecule has 24 heavy (non-hydrogen) atoms. The lowest BCUT2D eigenvalue weighted by molar-refractivity contribution is -0.132. The summed E-state index contributed by atoms with van der Waals surface area (Å²) in [7, 11) is 0. The predicted molar refractivity (Wildman–Crippen MR) is 94.1 cm³/mol. The molecule has 132 valence electrons. The Morgan fingerprint density at radius 1 is 1.29 bits per heavy atom. The lowest BCUT2D eigenvalue weighted by atomic mass is 9.85. The van der Waals surface area contributed by atoms with Gasteiger partial charge in [0.1, 0.15) is 17.4 Å². The highest BCUT2D eigenvalue weighted by atomic mass is 79.9. The molecular formula is C18H23BrFNO3. The number of rotatable bonds is 9. The van der Waals surface area contributed by atoms with Gasteiger partial charge in [-0.2, -0.15) is 0 Å². The van der Waals surface area contributed by atoms with Crippen molar-refractivity contribution in [3.05, 3.63) is 34.1 Å². The van der Waals surface area contributed by atoms with E-state index in [0.717, 1.165) is 6.42 Å². The Morgan fingerprint density at radius 3 is 2.50 bits per heavy atom. The first-order chi connectivity index (χ1) is 11.2. The second-order valence-electron chi connectivity index (χ2n) is 6.07. The van der Waals surface area contributed by atoms with Gasteiger partial charge in [-0.15, -0.1) is 0 Å². The summed E-state index contributed by atoms with van der Waals surface area (Å²) in [6.07, 6.45) is 0.721. The number of carbonyl (C=O) groups is 3. The van der Waals surface area contributed by atoms with E-state index in [4.69, 9.17) is 0 Å². The molecule has 0 aliphatic rings. The van der Waals surface area contributed by atoms with Gasteiger partial charge in [0.25, 0.3) is 0 Å². The summed E-state index contributed by atoms with van der Waals surface area (Å²) in [5.41, 5.74) is 0.315. The van der Waals surface area contributed by atoms with Crippen LogP contribution in [0.25, 0.3) is 0 Å². The minimum absolute atomic E-state index is 0.00401. The van der Waals surface area contributed by atoms with E-state index in [9.17, 15) is 18.8 Å². The molecule has 0 radical (unpaired) electrons. The molecule has 0 fully saturated rings. The fourth-order valence-electron chi connectivity index (χ4n) is 2.37. The number of Topliss-reactive ketones (excluding diaryl/α,β-unsaturated/α-hetero) is 2. The summed E-state index contributed by atoms with van der Waals surface area (Å²) in [5, 5.41) is 2.56. The Kier molecular flexibility index (Phi) is 8.25. The number of hydrogen-bond donors (Lipinski definition) is 1. The van der Waals surface area contributed by atoms with Gasteiger partial charge in [0.05, 0.1) is 6.54 Å². The van der Waals surface area contributed by atoms with Crippen LogP contribution < -0.4 is 5.32 Å². The van der Waals surface area contributed by atoms with Crippen molar-refractivity contribution in [2.45, 2.75) is 40.0 Å². The van der Waals surface area contributed by atoms with Crippen molar-refractivity contribution in [1.29, 1.82) is 0 Å². The van der Waals surface area contributed by atoms with Gasteiger partial charge in [0, 0.05) is 23.2 Å². The maximum absolute atomic E-state index is 13.8. The smallest absolute Gasteiger partial charge is 0.224 e. The number of benzene rings is 1. The van der Waals surface area contributed by atoms with Crippen molar-refractivity contribution in [2.75, 3.05) is 6.54 Å². The molecule has 0 spiro atoms. The van der Waals surface area contributed by atoms with Crippen molar-refractivity contribution < 1.29 is 18.8 Å². The molecule has 1 amide bonds. The molecule has 6 heteroatoms. The summed E-state index contributed by atoms with van der Waals surface area (Å²) < 4.78 is 14.5. The van der Waals surface area contributed by atoms with Gasteiger partial charge >= 0.3 is 0 Å². The fourth-order valence-corrected chi connectivity index (χ4v) is 2.71. The van der Waals surface area contributed by atoms with Crippen LogP contribution in [0.4, 0.5) is 4.39 Å². The standard InChI is InChI=1S/C18H23BrFNO3/c1-4-11(2)16(18(24)21-10-12(3)22)9-15(23)7-13-5-6-14(19)8-17(13)20/h5-6,8,11,16H,4,7,9-10H2,1-3H3,(H,21,24)/t11-,16-/m0/s1. The van der Waals surface area contributed by atoms with Crippen LogP contribution in [0.5, 0.6) is 0 Å². The molecule has 0 unspecified atom stereocenters. The van der Waals surface area contributed by atoms with Gasteiger partial charge in [-0.25, -0.2) is 4.39 Å². The predicted octanol–water partition coefficient (Wildman–Crippen LogP) is 3.46. The molecule has 0 heterocycles. The van der Waals surface area contributed by atoms with Crippen LogP contribution in [-0.4, -0.2) is 24.0 Å². The highest BCUT2D eigenvalue weighted by molar-refractivity contribution is 9.10. The van der Waals surface area contributed by atoms with Crippen LogP contribution in [0.3, 0.4) is 0 Å². The summed E-state index contributed by atoms with van der Waals surface area (Å²) in [5.74, 6) is -1.60. The second kappa shape index (κ2) is 9.67. The van der Waals surface area contributed by atoms with E-state index < -0.39 is 11.7 Å². The van der Waals surface area contributed by atoms with Crippen LogP contribution in [0.15, 0.2) is 22.7 Å².